The van der Waals surface area contributed by atoms with Gasteiger partial charge in [-0.05, 0) is 65.0 Å². The Morgan fingerprint density at radius 1 is 1.26 bits per heavy atom. The molecule has 0 amide bonds. The first-order chi connectivity index (χ1) is 9.33. The summed E-state index contributed by atoms with van der Waals surface area (Å²) in [5, 5.41) is 3.49. The molecule has 1 aliphatic carbocycles. The number of hydrogen-bond acceptors (Lipinski definition) is 3. The molecule has 0 aromatic rings. The van der Waals surface area contributed by atoms with Crippen molar-refractivity contribution in [3.8, 4) is 0 Å². The van der Waals surface area contributed by atoms with E-state index in [4.69, 9.17) is 4.74 Å². The Labute approximate surface area is 117 Å². The quantitative estimate of drug-likeness (QED) is 0.373. The highest BCUT2D eigenvalue weighted by Gasteiger charge is 2.03. The SMILES string of the molecule is CCOC(=O)CCCCCNCCC1=CCCCC1. The van der Waals surface area contributed by atoms with Crippen molar-refractivity contribution in [3.05, 3.63) is 11.6 Å². The van der Waals surface area contributed by atoms with Gasteiger partial charge in [-0.1, -0.05) is 18.1 Å². The van der Waals surface area contributed by atoms with Gasteiger partial charge in [0.25, 0.3) is 0 Å². The molecular formula is C16H29NO2. The van der Waals surface area contributed by atoms with E-state index in [2.05, 4.69) is 11.4 Å². The van der Waals surface area contributed by atoms with Crippen LogP contribution in [0, 0.1) is 0 Å². The molecule has 3 nitrogen and oxygen atoms in total. The number of carbonyl (C=O) groups excluding carboxylic acids is 1. The zero-order valence-corrected chi connectivity index (χ0v) is 12.4. The van der Waals surface area contributed by atoms with E-state index in [9.17, 15) is 4.79 Å². The molecule has 0 heterocycles. The van der Waals surface area contributed by atoms with Crippen molar-refractivity contribution in [2.24, 2.45) is 0 Å². The summed E-state index contributed by atoms with van der Waals surface area (Å²) in [6.45, 7) is 4.51. The molecule has 1 rings (SSSR count). The highest BCUT2D eigenvalue weighted by molar-refractivity contribution is 5.69. The Morgan fingerprint density at radius 2 is 2.16 bits per heavy atom. The van der Waals surface area contributed by atoms with Gasteiger partial charge in [-0.15, -0.1) is 0 Å². The molecule has 1 aliphatic rings. The summed E-state index contributed by atoms with van der Waals surface area (Å²) in [5.74, 6) is -0.0558. The number of esters is 1. The standard InChI is InChI=1S/C16H29NO2/c1-2-19-16(18)11-7-4-8-13-17-14-12-15-9-5-3-6-10-15/h9,17H,2-8,10-14H2,1H3. The van der Waals surface area contributed by atoms with Gasteiger partial charge in [0.2, 0.25) is 0 Å². The van der Waals surface area contributed by atoms with Crippen LogP contribution in [0.1, 0.15) is 64.7 Å². The van der Waals surface area contributed by atoms with Crippen LogP contribution < -0.4 is 5.32 Å². The summed E-state index contributed by atoms with van der Waals surface area (Å²) in [6.07, 6.45) is 12.7. The van der Waals surface area contributed by atoms with Crippen LogP contribution in [0.5, 0.6) is 0 Å². The number of hydrogen-bond donors (Lipinski definition) is 1. The summed E-state index contributed by atoms with van der Waals surface area (Å²) in [4.78, 5) is 11.1. The molecule has 0 fully saturated rings. The number of rotatable bonds is 10. The van der Waals surface area contributed by atoms with E-state index in [-0.39, 0.29) is 5.97 Å². The van der Waals surface area contributed by atoms with Gasteiger partial charge >= 0.3 is 5.97 Å². The maximum Gasteiger partial charge on any atom is 0.305 e. The second kappa shape index (κ2) is 11.0. The summed E-state index contributed by atoms with van der Waals surface area (Å²) in [7, 11) is 0. The largest absolute Gasteiger partial charge is 0.466 e. The van der Waals surface area contributed by atoms with E-state index in [1.165, 1.54) is 32.1 Å². The normalized spacial score (nSPS) is 15.1. The fraction of sp³-hybridized carbons (Fsp3) is 0.812. The van der Waals surface area contributed by atoms with Crippen LogP contribution in [0.2, 0.25) is 0 Å². The van der Waals surface area contributed by atoms with E-state index >= 15 is 0 Å². The molecule has 0 unspecified atom stereocenters. The average molecular weight is 267 g/mol. The average Bonchev–Trinajstić information content (AvgIpc) is 2.43. The number of nitrogens with one attached hydrogen (secondary N) is 1. The summed E-state index contributed by atoms with van der Waals surface area (Å²) in [6, 6.07) is 0. The highest BCUT2D eigenvalue weighted by Crippen LogP contribution is 2.19. The lowest BCUT2D eigenvalue weighted by molar-refractivity contribution is -0.143. The van der Waals surface area contributed by atoms with Crippen LogP contribution in [0.4, 0.5) is 0 Å². The van der Waals surface area contributed by atoms with E-state index in [0.29, 0.717) is 13.0 Å². The van der Waals surface area contributed by atoms with Crippen LogP contribution in [-0.2, 0) is 9.53 Å². The molecule has 1 N–H and O–H groups in total. The fourth-order valence-electron chi connectivity index (χ4n) is 2.43. The van der Waals surface area contributed by atoms with Crippen molar-refractivity contribution in [1.82, 2.24) is 5.32 Å². The lowest BCUT2D eigenvalue weighted by atomic mass is 9.97. The lowest BCUT2D eigenvalue weighted by Crippen LogP contribution is -2.17. The van der Waals surface area contributed by atoms with E-state index < -0.39 is 0 Å². The molecule has 110 valence electrons. The molecule has 0 spiro atoms. The van der Waals surface area contributed by atoms with Gasteiger partial charge in [0.15, 0.2) is 0 Å². The fourth-order valence-corrected chi connectivity index (χ4v) is 2.43. The predicted molar refractivity (Wildman–Crippen MR) is 79.1 cm³/mol. The summed E-state index contributed by atoms with van der Waals surface area (Å²) in [5.41, 5.74) is 1.64. The predicted octanol–water partition coefficient (Wildman–Crippen LogP) is 3.59. The molecule has 0 aromatic heterocycles. The lowest BCUT2D eigenvalue weighted by Gasteiger charge is -2.12. The topological polar surface area (TPSA) is 38.3 Å². The third-order valence-corrected chi connectivity index (χ3v) is 3.55. The van der Waals surface area contributed by atoms with Gasteiger partial charge in [-0.3, -0.25) is 4.79 Å². The van der Waals surface area contributed by atoms with Gasteiger partial charge in [0.1, 0.15) is 0 Å². The molecule has 0 aromatic carbocycles. The zero-order chi connectivity index (χ0) is 13.8. The Bertz CT molecular complexity index is 274. The summed E-state index contributed by atoms with van der Waals surface area (Å²) >= 11 is 0. The minimum absolute atomic E-state index is 0.0558. The van der Waals surface area contributed by atoms with Crippen LogP contribution in [-0.4, -0.2) is 25.7 Å². The van der Waals surface area contributed by atoms with Gasteiger partial charge in [-0.25, -0.2) is 0 Å². The first-order valence-corrected chi connectivity index (χ1v) is 7.87. The molecule has 0 bridgehead atoms. The Balaban J connectivity index is 1.83. The van der Waals surface area contributed by atoms with Gasteiger partial charge in [-0.2, -0.15) is 0 Å². The second-order valence-electron chi connectivity index (χ2n) is 5.22. The van der Waals surface area contributed by atoms with Crippen molar-refractivity contribution in [2.45, 2.75) is 64.7 Å². The number of carbonyl (C=O) groups is 1. The molecule has 19 heavy (non-hydrogen) atoms. The minimum atomic E-state index is -0.0558. The minimum Gasteiger partial charge on any atom is -0.466 e. The van der Waals surface area contributed by atoms with E-state index in [0.717, 1.165) is 32.4 Å². The molecular weight excluding hydrogens is 238 g/mol. The summed E-state index contributed by atoms with van der Waals surface area (Å²) < 4.78 is 4.89. The van der Waals surface area contributed by atoms with Gasteiger partial charge in [0.05, 0.1) is 6.61 Å². The zero-order valence-electron chi connectivity index (χ0n) is 12.4. The highest BCUT2D eigenvalue weighted by atomic mass is 16.5. The van der Waals surface area contributed by atoms with E-state index in [1.54, 1.807) is 5.57 Å². The van der Waals surface area contributed by atoms with Crippen molar-refractivity contribution < 1.29 is 9.53 Å². The van der Waals surface area contributed by atoms with Crippen LogP contribution in [0.3, 0.4) is 0 Å². The first kappa shape index (κ1) is 16.2. The number of ether oxygens (including phenoxy) is 1. The Hall–Kier alpha value is -0.830. The third-order valence-electron chi connectivity index (χ3n) is 3.55. The Kier molecular flexibility index (Phi) is 9.42. The molecule has 3 heteroatoms. The smallest absolute Gasteiger partial charge is 0.305 e. The molecule has 0 saturated heterocycles. The first-order valence-electron chi connectivity index (χ1n) is 7.87. The van der Waals surface area contributed by atoms with Crippen molar-refractivity contribution in [2.75, 3.05) is 19.7 Å². The molecule has 0 atom stereocenters. The molecule has 0 aliphatic heterocycles. The Morgan fingerprint density at radius 3 is 2.89 bits per heavy atom. The maximum atomic E-state index is 11.1. The van der Waals surface area contributed by atoms with Gasteiger partial charge in [0, 0.05) is 6.42 Å². The second-order valence-corrected chi connectivity index (χ2v) is 5.22. The van der Waals surface area contributed by atoms with Crippen molar-refractivity contribution >= 4 is 5.97 Å². The number of allylic oxidation sites excluding steroid dienone is 1. The van der Waals surface area contributed by atoms with Crippen LogP contribution in [0.15, 0.2) is 11.6 Å². The van der Waals surface area contributed by atoms with Crippen molar-refractivity contribution in [1.29, 1.82) is 0 Å². The van der Waals surface area contributed by atoms with Crippen molar-refractivity contribution in [3.63, 3.8) is 0 Å². The third kappa shape index (κ3) is 8.82. The van der Waals surface area contributed by atoms with E-state index in [1.807, 2.05) is 6.92 Å². The molecule has 0 radical (unpaired) electrons. The van der Waals surface area contributed by atoms with Crippen LogP contribution in [0.25, 0.3) is 0 Å². The molecule has 0 saturated carbocycles. The van der Waals surface area contributed by atoms with Crippen LogP contribution >= 0.6 is 0 Å². The number of unbranched alkanes of at least 4 members (excludes halogenated alkanes) is 2. The maximum absolute atomic E-state index is 11.1. The monoisotopic (exact) mass is 267 g/mol. The van der Waals surface area contributed by atoms with Gasteiger partial charge < -0.3 is 10.1 Å².